The quantitative estimate of drug-likeness (QED) is 0.642. The molecule has 1 aromatic carbocycles. The molecule has 0 bridgehead atoms. The molecule has 0 heteroatoms. The molecule has 0 radical (unpaired) electrons. The fourth-order valence-corrected chi connectivity index (χ4v) is 2.61. The van der Waals surface area contributed by atoms with Crippen LogP contribution in [0.5, 0.6) is 0 Å². The zero-order valence-corrected chi connectivity index (χ0v) is 10.00. The zero-order valence-electron chi connectivity index (χ0n) is 10.00. The van der Waals surface area contributed by atoms with Crippen molar-refractivity contribution in [2.24, 2.45) is 0 Å². The Morgan fingerprint density at radius 2 is 1.80 bits per heavy atom. The molecule has 0 unspecified atom stereocenters. The topological polar surface area (TPSA) is 0 Å². The van der Waals surface area contributed by atoms with E-state index in [9.17, 15) is 0 Å². The van der Waals surface area contributed by atoms with Crippen LogP contribution in [0, 0.1) is 0 Å². The van der Waals surface area contributed by atoms with Crippen molar-refractivity contribution in [2.75, 3.05) is 0 Å². The van der Waals surface area contributed by atoms with Gasteiger partial charge in [0.05, 0.1) is 0 Å². The van der Waals surface area contributed by atoms with E-state index in [2.05, 4.69) is 38.1 Å². The van der Waals surface area contributed by atoms with Gasteiger partial charge in [-0.3, -0.25) is 0 Å². The van der Waals surface area contributed by atoms with Crippen molar-refractivity contribution in [3.63, 3.8) is 0 Å². The van der Waals surface area contributed by atoms with Crippen LogP contribution in [0.25, 0.3) is 0 Å². The summed E-state index contributed by atoms with van der Waals surface area (Å²) in [7, 11) is 0. The highest BCUT2D eigenvalue weighted by atomic mass is 14.2. The van der Waals surface area contributed by atoms with E-state index in [0.717, 1.165) is 5.92 Å². The van der Waals surface area contributed by atoms with Crippen LogP contribution < -0.4 is 0 Å². The molecule has 1 aliphatic rings. The highest BCUT2D eigenvalue weighted by Crippen LogP contribution is 2.33. The molecule has 2 rings (SSSR count). The predicted molar refractivity (Wildman–Crippen MR) is 66.4 cm³/mol. The van der Waals surface area contributed by atoms with Gasteiger partial charge in [0.25, 0.3) is 0 Å². The number of hydrogen-bond acceptors (Lipinski definition) is 0. The Morgan fingerprint density at radius 3 is 2.47 bits per heavy atom. The Kier molecular flexibility index (Phi) is 3.45. The Labute approximate surface area is 93.7 Å². The van der Waals surface area contributed by atoms with E-state index in [-0.39, 0.29) is 0 Å². The molecular formula is C15H22. The summed E-state index contributed by atoms with van der Waals surface area (Å²) < 4.78 is 0. The molecule has 1 aliphatic carbocycles. The molecule has 0 aliphatic heterocycles. The van der Waals surface area contributed by atoms with Crippen LogP contribution >= 0.6 is 0 Å². The van der Waals surface area contributed by atoms with Gasteiger partial charge in [-0.2, -0.15) is 0 Å². The summed E-state index contributed by atoms with van der Waals surface area (Å²) in [5, 5.41) is 0. The van der Waals surface area contributed by atoms with Gasteiger partial charge < -0.3 is 0 Å². The minimum absolute atomic E-state index is 0.661. The van der Waals surface area contributed by atoms with Crippen molar-refractivity contribution in [3.8, 4) is 0 Å². The van der Waals surface area contributed by atoms with Gasteiger partial charge in [-0.05, 0) is 35.8 Å². The van der Waals surface area contributed by atoms with E-state index in [0.29, 0.717) is 5.92 Å². The summed E-state index contributed by atoms with van der Waals surface area (Å²) >= 11 is 0. The van der Waals surface area contributed by atoms with Crippen molar-refractivity contribution in [1.29, 1.82) is 0 Å². The van der Waals surface area contributed by atoms with Crippen LogP contribution in [0.4, 0.5) is 0 Å². The molecule has 1 aromatic rings. The van der Waals surface area contributed by atoms with Gasteiger partial charge in [-0.1, -0.05) is 57.4 Å². The molecule has 1 saturated carbocycles. The van der Waals surface area contributed by atoms with Gasteiger partial charge in [0, 0.05) is 0 Å². The van der Waals surface area contributed by atoms with Gasteiger partial charge in [-0.25, -0.2) is 0 Å². The second-order valence-electron chi connectivity index (χ2n) is 5.16. The van der Waals surface area contributed by atoms with Gasteiger partial charge in [-0.15, -0.1) is 0 Å². The smallest absolute Gasteiger partial charge is 0.0162 e. The zero-order chi connectivity index (χ0) is 10.7. The van der Waals surface area contributed by atoms with E-state index in [1.165, 1.54) is 37.7 Å². The normalized spacial score (nSPS) is 18.3. The van der Waals surface area contributed by atoms with Gasteiger partial charge in [0.15, 0.2) is 0 Å². The largest absolute Gasteiger partial charge is 0.0617 e. The first-order chi connectivity index (χ1) is 7.27. The van der Waals surface area contributed by atoms with Gasteiger partial charge >= 0.3 is 0 Å². The van der Waals surface area contributed by atoms with Crippen LogP contribution in [0.15, 0.2) is 24.3 Å². The Bertz CT molecular complexity index is 306. The van der Waals surface area contributed by atoms with Crippen LogP contribution in [0.3, 0.4) is 0 Å². The molecule has 82 valence electrons. The first-order valence-electron chi connectivity index (χ1n) is 6.37. The first kappa shape index (κ1) is 10.7. The minimum Gasteiger partial charge on any atom is -0.0617 e. The second-order valence-corrected chi connectivity index (χ2v) is 5.16. The standard InChI is InChI=1S/C15H22/c1-12(2)14-9-6-10-15(11-14)13-7-4-3-5-8-13/h6,9-13H,3-5,7-8H2,1-2H3. The molecule has 0 spiro atoms. The van der Waals surface area contributed by atoms with E-state index < -0.39 is 0 Å². The summed E-state index contributed by atoms with van der Waals surface area (Å²) in [6.45, 7) is 4.56. The number of rotatable bonds is 2. The Morgan fingerprint density at radius 1 is 1.07 bits per heavy atom. The van der Waals surface area contributed by atoms with Crippen molar-refractivity contribution < 1.29 is 0 Å². The maximum atomic E-state index is 2.43. The molecule has 0 heterocycles. The predicted octanol–water partition coefficient (Wildman–Crippen LogP) is 4.86. The maximum absolute atomic E-state index is 2.43. The summed E-state index contributed by atoms with van der Waals surface area (Å²) in [5.74, 6) is 1.51. The summed E-state index contributed by atoms with van der Waals surface area (Å²) in [6.07, 6.45) is 7.11. The number of hydrogen-bond donors (Lipinski definition) is 0. The number of benzene rings is 1. The molecule has 0 atom stereocenters. The molecule has 0 aromatic heterocycles. The first-order valence-corrected chi connectivity index (χ1v) is 6.37. The van der Waals surface area contributed by atoms with Gasteiger partial charge in [0.1, 0.15) is 0 Å². The third kappa shape index (κ3) is 2.62. The monoisotopic (exact) mass is 202 g/mol. The fraction of sp³-hybridized carbons (Fsp3) is 0.600. The van der Waals surface area contributed by atoms with Crippen molar-refractivity contribution in [1.82, 2.24) is 0 Å². The van der Waals surface area contributed by atoms with Crippen molar-refractivity contribution in [3.05, 3.63) is 35.4 Å². The lowest BCUT2D eigenvalue weighted by Crippen LogP contribution is -2.05. The van der Waals surface area contributed by atoms with E-state index in [4.69, 9.17) is 0 Å². The fourth-order valence-electron chi connectivity index (χ4n) is 2.61. The molecular weight excluding hydrogens is 180 g/mol. The van der Waals surface area contributed by atoms with Crippen LogP contribution in [-0.4, -0.2) is 0 Å². The van der Waals surface area contributed by atoms with Crippen LogP contribution in [0.1, 0.15) is 68.9 Å². The molecule has 1 fully saturated rings. The molecule has 0 nitrogen and oxygen atoms in total. The third-order valence-corrected chi connectivity index (χ3v) is 3.65. The summed E-state index contributed by atoms with van der Waals surface area (Å²) in [4.78, 5) is 0. The highest BCUT2D eigenvalue weighted by Gasteiger charge is 2.15. The van der Waals surface area contributed by atoms with E-state index in [1.54, 1.807) is 5.56 Å². The Hall–Kier alpha value is -0.780. The molecule has 0 N–H and O–H groups in total. The second kappa shape index (κ2) is 4.83. The van der Waals surface area contributed by atoms with Crippen molar-refractivity contribution >= 4 is 0 Å². The summed E-state index contributed by atoms with van der Waals surface area (Å²) in [5.41, 5.74) is 3.08. The van der Waals surface area contributed by atoms with Crippen LogP contribution in [0.2, 0.25) is 0 Å². The molecule has 15 heavy (non-hydrogen) atoms. The lowest BCUT2D eigenvalue weighted by molar-refractivity contribution is 0.443. The van der Waals surface area contributed by atoms with Gasteiger partial charge in [0.2, 0.25) is 0 Å². The molecule has 0 amide bonds. The highest BCUT2D eigenvalue weighted by molar-refractivity contribution is 5.28. The molecule has 0 saturated heterocycles. The maximum Gasteiger partial charge on any atom is -0.0162 e. The van der Waals surface area contributed by atoms with Crippen molar-refractivity contribution in [2.45, 2.75) is 57.8 Å². The third-order valence-electron chi connectivity index (χ3n) is 3.65. The Balaban J connectivity index is 2.16. The van der Waals surface area contributed by atoms with E-state index >= 15 is 0 Å². The van der Waals surface area contributed by atoms with E-state index in [1.807, 2.05) is 0 Å². The SMILES string of the molecule is CC(C)c1cccc(C2CCCCC2)c1. The lowest BCUT2D eigenvalue weighted by Gasteiger charge is -2.22. The lowest BCUT2D eigenvalue weighted by atomic mass is 9.83. The average Bonchev–Trinajstić information content (AvgIpc) is 2.30. The average molecular weight is 202 g/mol. The summed E-state index contributed by atoms with van der Waals surface area (Å²) in [6, 6.07) is 9.25. The van der Waals surface area contributed by atoms with Crippen LogP contribution in [-0.2, 0) is 0 Å². The minimum atomic E-state index is 0.661.